The van der Waals surface area contributed by atoms with Crippen molar-refractivity contribution in [2.75, 3.05) is 16.4 Å². The standard InChI is InChI=1S/C24H24ClF2N7O/c1-24(2,3)31-12-15(21(28)19-8-9-30-22(29)32-19)13-4-6-16(26)20(10-13)34-23(35)33-18-7-5-14(25)11-17(18)27/h4-12,28,31H,1-3H3,(H2,29,30,32)(H2,33,34,35)/b15-12-,28-21?. The first-order valence-corrected chi connectivity index (χ1v) is 10.8. The molecule has 3 rings (SSSR count). The lowest BCUT2D eigenvalue weighted by Crippen LogP contribution is -2.32. The van der Waals surface area contributed by atoms with Crippen LogP contribution in [0.5, 0.6) is 0 Å². The highest BCUT2D eigenvalue weighted by Gasteiger charge is 2.18. The molecule has 0 fully saturated rings. The van der Waals surface area contributed by atoms with E-state index in [0.717, 1.165) is 12.1 Å². The summed E-state index contributed by atoms with van der Waals surface area (Å²) in [5.41, 5.74) is 6.08. The van der Waals surface area contributed by atoms with Crippen LogP contribution in [-0.4, -0.2) is 27.2 Å². The van der Waals surface area contributed by atoms with Gasteiger partial charge in [0.25, 0.3) is 0 Å². The van der Waals surface area contributed by atoms with Gasteiger partial charge in [-0.2, -0.15) is 0 Å². The van der Waals surface area contributed by atoms with Crippen molar-refractivity contribution in [3.05, 3.63) is 82.8 Å². The molecule has 0 aliphatic carbocycles. The van der Waals surface area contributed by atoms with Crippen LogP contribution in [0, 0.1) is 17.0 Å². The Labute approximate surface area is 206 Å². The molecule has 0 radical (unpaired) electrons. The van der Waals surface area contributed by atoms with E-state index in [2.05, 4.69) is 25.9 Å². The number of nitrogen functional groups attached to an aromatic ring is 1. The molecule has 0 unspecified atom stereocenters. The average molecular weight is 500 g/mol. The molecule has 0 bridgehead atoms. The first kappa shape index (κ1) is 25.6. The molecule has 3 aromatic rings. The Bertz CT molecular complexity index is 1310. The van der Waals surface area contributed by atoms with E-state index in [-0.39, 0.29) is 39.3 Å². The number of anilines is 3. The second-order valence-electron chi connectivity index (χ2n) is 8.53. The maximum Gasteiger partial charge on any atom is 0.323 e. The van der Waals surface area contributed by atoms with Crippen molar-refractivity contribution in [2.45, 2.75) is 26.3 Å². The third-order valence-corrected chi connectivity index (χ3v) is 4.79. The molecule has 2 amide bonds. The summed E-state index contributed by atoms with van der Waals surface area (Å²) in [4.78, 5) is 20.3. The van der Waals surface area contributed by atoms with Gasteiger partial charge in [0, 0.05) is 28.5 Å². The van der Waals surface area contributed by atoms with E-state index >= 15 is 0 Å². The van der Waals surface area contributed by atoms with Crippen LogP contribution >= 0.6 is 11.6 Å². The number of benzene rings is 2. The molecule has 35 heavy (non-hydrogen) atoms. The normalized spacial score (nSPS) is 11.7. The van der Waals surface area contributed by atoms with Crippen LogP contribution in [0.4, 0.5) is 30.9 Å². The molecular formula is C24H24ClF2N7O. The molecule has 2 aromatic carbocycles. The largest absolute Gasteiger partial charge is 0.386 e. The van der Waals surface area contributed by atoms with E-state index in [1.54, 1.807) is 6.20 Å². The molecule has 0 saturated carbocycles. The van der Waals surface area contributed by atoms with Crippen LogP contribution in [0.2, 0.25) is 5.02 Å². The highest BCUT2D eigenvalue weighted by molar-refractivity contribution is 6.30. The minimum atomic E-state index is -0.862. The van der Waals surface area contributed by atoms with Crippen molar-refractivity contribution in [1.29, 1.82) is 5.41 Å². The fourth-order valence-corrected chi connectivity index (χ4v) is 3.05. The van der Waals surface area contributed by atoms with Crippen molar-refractivity contribution in [1.82, 2.24) is 15.3 Å². The molecule has 0 spiro atoms. The fourth-order valence-electron chi connectivity index (χ4n) is 2.89. The van der Waals surface area contributed by atoms with Gasteiger partial charge in [-0.3, -0.25) is 5.41 Å². The second-order valence-corrected chi connectivity index (χ2v) is 8.96. The lowest BCUT2D eigenvalue weighted by atomic mass is 9.98. The van der Waals surface area contributed by atoms with Crippen molar-refractivity contribution < 1.29 is 13.6 Å². The predicted octanol–water partition coefficient (Wildman–Crippen LogP) is 5.43. The Morgan fingerprint density at radius 1 is 1.06 bits per heavy atom. The molecule has 1 heterocycles. The second kappa shape index (κ2) is 10.5. The summed E-state index contributed by atoms with van der Waals surface area (Å²) in [6.45, 7) is 5.81. The predicted molar refractivity (Wildman–Crippen MR) is 135 cm³/mol. The third-order valence-electron chi connectivity index (χ3n) is 4.55. The molecule has 0 atom stereocenters. The number of amides is 2. The number of allylic oxidation sites excluding steroid dienone is 1. The number of hydrogen-bond donors (Lipinski definition) is 5. The minimum Gasteiger partial charge on any atom is -0.386 e. The average Bonchev–Trinajstić information content (AvgIpc) is 2.77. The lowest BCUT2D eigenvalue weighted by Gasteiger charge is -2.21. The van der Waals surface area contributed by atoms with Gasteiger partial charge in [-0.05, 0) is 62.7 Å². The van der Waals surface area contributed by atoms with Crippen LogP contribution in [0.1, 0.15) is 32.0 Å². The number of rotatable bonds is 6. The Hall–Kier alpha value is -4.05. The maximum atomic E-state index is 14.6. The molecule has 1 aromatic heterocycles. The Morgan fingerprint density at radius 2 is 1.77 bits per heavy atom. The summed E-state index contributed by atoms with van der Waals surface area (Å²) in [5.74, 6) is -1.46. The van der Waals surface area contributed by atoms with Gasteiger partial charge in [0.15, 0.2) is 0 Å². The number of urea groups is 1. The zero-order chi connectivity index (χ0) is 25.8. The van der Waals surface area contributed by atoms with E-state index in [9.17, 15) is 13.6 Å². The van der Waals surface area contributed by atoms with Gasteiger partial charge in [-0.1, -0.05) is 17.7 Å². The van der Waals surface area contributed by atoms with Gasteiger partial charge >= 0.3 is 6.03 Å². The van der Waals surface area contributed by atoms with Crippen molar-refractivity contribution >= 4 is 46.2 Å². The van der Waals surface area contributed by atoms with Gasteiger partial charge in [0.2, 0.25) is 5.95 Å². The number of nitrogens with two attached hydrogens (primary N) is 1. The highest BCUT2D eigenvalue weighted by Crippen LogP contribution is 2.25. The van der Waals surface area contributed by atoms with Crippen LogP contribution in [0.15, 0.2) is 54.9 Å². The molecule has 0 aliphatic rings. The van der Waals surface area contributed by atoms with Gasteiger partial charge in [-0.15, -0.1) is 0 Å². The summed E-state index contributed by atoms with van der Waals surface area (Å²) in [5, 5.41) is 16.7. The van der Waals surface area contributed by atoms with E-state index in [0.29, 0.717) is 11.1 Å². The smallest absolute Gasteiger partial charge is 0.323 e. The number of nitrogens with zero attached hydrogens (tertiary/aromatic N) is 2. The SMILES string of the molecule is CC(C)(C)N/C=C(\C(=N)c1ccnc(N)n1)c1ccc(F)c(NC(=O)Nc2ccc(Cl)cc2F)c1. The van der Waals surface area contributed by atoms with Gasteiger partial charge in [0.05, 0.1) is 22.8 Å². The lowest BCUT2D eigenvalue weighted by molar-refractivity contribution is 0.262. The number of aromatic nitrogens is 2. The maximum absolute atomic E-state index is 14.6. The molecule has 0 saturated heterocycles. The monoisotopic (exact) mass is 499 g/mol. The molecule has 11 heteroatoms. The molecule has 0 aliphatic heterocycles. The summed E-state index contributed by atoms with van der Waals surface area (Å²) in [7, 11) is 0. The van der Waals surface area contributed by atoms with Crippen molar-refractivity contribution in [3.8, 4) is 0 Å². The van der Waals surface area contributed by atoms with Crippen molar-refractivity contribution in [3.63, 3.8) is 0 Å². The van der Waals surface area contributed by atoms with E-state index in [1.165, 1.54) is 36.5 Å². The van der Waals surface area contributed by atoms with Crippen LogP contribution in [0.25, 0.3) is 5.57 Å². The summed E-state index contributed by atoms with van der Waals surface area (Å²) in [6.07, 6.45) is 3.04. The Balaban J connectivity index is 1.93. The number of nitrogens with one attached hydrogen (secondary N) is 4. The van der Waals surface area contributed by atoms with E-state index < -0.39 is 17.7 Å². The Morgan fingerprint density at radius 3 is 2.43 bits per heavy atom. The number of carbonyl (C=O) groups is 1. The first-order valence-electron chi connectivity index (χ1n) is 10.4. The molecular weight excluding hydrogens is 476 g/mol. The fraction of sp³-hybridized carbons (Fsp3) is 0.167. The summed E-state index contributed by atoms with van der Waals surface area (Å²) < 4.78 is 28.6. The van der Waals surface area contributed by atoms with E-state index in [4.69, 9.17) is 22.7 Å². The zero-order valence-corrected chi connectivity index (χ0v) is 20.0. The highest BCUT2D eigenvalue weighted by atomic mass is 35.5. The number of hydrogen-bond acceptors (Lipinski definition) is 6. The molecule has 8 nitrogen and oxygen atoms in total. The van der Waals surface area contributed by atoms with Gasteiger partial charge in [0.1, 0.15) is 11.6 Å². The Kier molecular flexibility index (Phi) is 7.65. The van der Waals surface area contributed by atoms with Crippen LogP contribution in [-0.2, 0) is 0 Å². The quantitative estimate of drug-likeness (QED) is 0.289. The topological polar surface area (TPSA) is 129 Å². The van der Waals surface area contributed by atoms with Crippen LogP contribution < -0.4 is 21.7 Å². The zero-order valence-electron chi connectivity index (χ0n) is 19.2. The minimum absolute atomic E-state index is 0.00101. The van der Waals surface area contributed by atoms with Crippen molar-refractivity contribution in [2.24, 2.45) is 0 Å². The third kappa shape index (κ3) is 6.97. The molecule has 6 N–H and O–H groups in total. The summed E-state index contributed by atoms with van der Waals surface area (Å²) in [6, 6.07) is 8.39. The van der Waals surface area contributed by atoms with Crippen LogP contribution in [0.3, 0.4) is 0 Å². The molecule has 182 valence electrons. The van der Waals surface area contributed by atoms with Gasteiger partial charge < -0.3 is 21.7 Å². The number of carbonyl (C=O) groups excluding carboxylic acids is 1. The number of halogens is 3. The van der Waals surface area contributed by atoms with Gasteiger partial charge in [-0.25, -0.2) is 23.5 Å². The first-order chi connectivity index (χ1) is 16.4. The van der Waals surface area contributed by atoms with E-state index in [1.807, 2.05) is 20.8 Å². The summed E-state index contributed by atoms with van der Waals surface area (Å²) >= 11 is 5.72.